The van der Waals surface area contributed by atoms with E-state index in [1.807, 2.05) is 0 Å². The Kier molecular flexibility index (Phi) is 5.40. The van der Waals surface area contributed by atoms with Gasteiger partial charge in [-0.3, -0.25) is 4.98 Å². The van der Waals surface area contributed by atoms with Crippen molar-refractivity contribution in [3.05, 3.63) is 46.4 Å². The lowest BCUT2D eigenvalue weighted by molar-refractivity contribution is 0.106. The maximum absolute atomic E-state index is 12.9. The highest BCUT2D eigenvalue weighted by molar-refractivity contribution is 7.09. The Labute approximate surface area is 119 Å². The van der Waals surface area contributed by atoms with E-state index in [0.717, 1.165) is 17.0 Å². The Morgan fingerprint density at radius 2 is 2.20 bits per heavy atom. The van der Waals surface area contributed by atoms with Crippen molar-refractivity contribution in [3.63, 3.8) is 0 Å². The smallest absolute Gasteiger partial charge is 0.162 e. The summed E-state index contributed by atoms with van der Waals surface area (Å²) in [4.78, 5) is 5.00. The molecular formula is C13H14F2N2O2S. The molecule has 4 nitrogen and oxygen atoms in total. The van der Waals surface area contributed by atoms with Crippen LogP contribution in [0.3, 0.4) is 0 Å². The van der Waals surface area contributed by atoms with Gasteiger partial charge in [-0.1, -0.05) is 0 Å². The number of thiazole rings is 1. The normalized spacial score (nSPS) is 12.3. The second-order valence-corrected chi connectivity index (χ2v) is 5.11. The van der Waals surface area contributed by atoms with Crippen molar-refractivity contribution in [2.75, 3.05) is 13.2 Å². The monoisotopic (exact) mass is 300 g/mol. The van der Waals surface area contributed by atoms with Gasteiger partial charge in [-0.25, -0.2) is 8.78 Å². The van der Waals surface area contributed by atoms with E-state index in [-0.39, 0.29) is 12.4 Å². The summed E-state index contributed by atoms with van der Waals surface area (Å²) in [5.74, 6) is -1.71. The van der Waals surface area contributed by atoms with Gasteiger partial charge in [0.15, 0.2) is 11.6 Å². The van der Waals surface area contributed by atoms with Crippen LogP contribution in [0.1, 0.15) is 4.88 Å². The van der Waals surface area contributed by atoms with Gasteiger partial charge in [0.1, 0.15) is 18.5 Å². The minimum Gasteiger partial charge on any atom is -0.491 e. The van der Waals surface area contributed by atoms with Gasteiger partial charge in [-0.15, -0.1) is 11.3 Å². The minimum atomic E-state index is -0.972. The predicted molar refractivity (Wildman–Crippen MR) is 71.7 cm³/mol. The maximum atomic E-state index is 12.9. The molecule has 1 aromatic heterocycles. The topological polar surface area (TPSA) is 54.4 Å². The predicted octanol–water partition coefficient (Wildman–Crippen LogP) is 1.95. The molecule has 7 heteroatoms. The standard InChI is InChI=1S/C13H14F2N2O2S/c14-12-2-1-10(3-13(12)15)19-7-9(18)4-16-5-11-6-17-8-20-11/h1-3,6,8-9,16,18H,4-5,7H2. The van der Waals surface area contributed by atoms with E-state index in [0.29, 0.717) is 13.1 Å². The molecule has 0 spiro atoms. The molecule has 0 saturated carbocycles. The van der Waals surface area contributed by atoms with Crippen LogP contribution in [0.4, 0.5) is 8.78 Å². The second kappa shape index (κ2) is 7.28. The van der Waals surface area contributed by atoms with E-state index in [1.165, 1.54) is 17.4 Å². The molecule has 0 aliphatic rings. The number of nitrogens with one attached hydrogen (secondary N) is 1. The number of nitrogens with zero attached hydrogens (tertiary/aromatic N) is 1. The fraction of sp³-hybridized carbons (Fsp3) is 0.308. The third-order valence-corrected chi connectivity index (χ3v) is 3.28. The van der Waals surface area contributed by atoms with Gasteiger partial charge in [-0.05, 0) is 12.1 Å². The van der Waals surface area contributed by atoms with Crippen molar-refractivity contribution >= 4 is 11.3 Å². The van der Waals surface area contributed by atoms with Crippen molar-refractivity contribution in [2.24, 2.45) is 0 Å². The number of hydrogen-bond donors (Lipinski definition) is 2. The van der Waals surface area contributed by atoms with Gasteiger partial charge >= 0.3 is 0 Å². The average molecular weight is 300 g/mol. The van der Waals surface area contributed by atoms with Crippen molar-refractivity contribution in [1.29, 1.82) is 0 Å². The Hall–Kier alpha value is -1.57. The summed E-state index contributed by atoms with van der Waals surface area (Å²) in [5.41, 5.74) is 1.74. The van der Waals surface area contributed by atoms with E-state index in [9.17, 15) is 13.9 Å². The number of rotatable bonds is 7. The van der Waals surface area contributed by atoms with E-state index in [2.05, 4.69) is 10.3 Å². The van der Waals surface area contributed by atoms with Crippen LogP contribution in [-0.2, 0) is 6.54 Å². The molecule has 1 atom stereocenters. The van der Waals surface area contributed by atoms with Crippen LogP contribution < -0.4 is 10.1 Å². The zero-order chi connectivity index (χ0) is 14.4. The number of halogens is 2. The highest BCUT2D eigenvalue weighted by Gasteiger charge is 2.07. The van der Waals surface area contributed by atoms with Crippen LogP contribution in [0.5, 0.6) is 5.75 Å². The number of aliphatic hydroxyl groups is 1. The van der Waals surface area contributed by atoms with Crippen LogP contribution in [0.15, 0.2) is 29.9 Å². The van der Waals surface area contributed by atoms with Gasteiger partial charge in [-0.2, -0.15) is 0 Å². The van der Waals surface area contributed by atoms with Crippen molar-refractivity contribution in [3.8, 4) is 5.75 Å². The molecule has 0 aliphatic heterocycles. The molecule has 0 bridgehead atoms. The van der Waals surface area contributed by atoms with Crippen molar-refractivity contribution in [2.45, 2.75) is 12.6 Å². The van der Waals surface area contributed by atoms with Crippen LogP contribution >= 0.6 is 11.3 Å². The number of benzene rings is 1. The zero-order valence-electron chi connectivity index (χ0n) is 10.6. The van der Waals surface area contributed by atoms with Crippen molar-refractivity contribution in [1.82, 2.24) is 10.3 Å². The molecular weight excluding hydrogens is 286 g/mol. The van der Waals surface area contributed by atoms with Crippen LogP contribution in [0.25, 0.3) is 0 Å². The van der Waals surface area contributed by atoms with Gasteiger partial charge in [0.2, 0.25) is 0 Å². The highest BCUT2D eigenvalue weighted by Crippen LogP contribution is 2.15. The summed E-state index contributed by atoms with van der Waals surface area (Å²) in [6.07, 6.45) is 1.01. The van der Waals surface area contributed by atoms with Crippen LogP contribution in [0.2, 0.25) is 0 Å². The quantitative estimate of drug-likeness (QED) is 0.820. The Bertz CT molecular complexity index is 537. The fourth-order valence-corrected chi connectivity index (χ4v) is 2.07. The molecule has 2 N–H and O–H groups in total. The zero-order valence-corrected chi connectivity index (χ0v) is 11.4. The molecule has 1 heterocycles. The third kappa shape index (κ3) is 4.52. The first-order valence-corrected chi connectivity index (χ1v) is 6.87. The number of ether oxygens (including phenoxy) is 1. The summed E-state index contributed by atoms with van der Waals surface area (Å²) in [6.45, 7) is 0.954. The summed E-state index contributed by atoms with van der Waals surface area (Å²) in [5, 5.41) is 12.7. The summed E-state index contributed by atoms with van der Waals surface area (Å²) in [7, 11) is 0. The molecule has 0 saturated heterocycles. The SMILES string of the molecule is OC(CNCc1cncs1)COc1ccc(F)c(F)c1. The van der Waals surface area contributed by atoms with Gasteiger partial charge in [0.25, 0.3) is 0 Å². The molecule has 20 heavy (non-hydrogen) atoms. The maximum Gasteiger partial charge on any atom is 0.162 e. The molecule has 0 fully saturated rings. The van der Waals surface area contributed by atoms with E-state index in [4.69, 9.17) is 4.74 Å². The largest absolute Gasteiger partial charge is 0.491 e. The Balaban J connectivity index is 1.69. The number of hydrogen-bond acceptors (Lipinski definition) is 5. The lowest BCUT2D eigenvalue weighted by Gasteiger charge is -2.13. The molecule has 0 aliphatic carbocycles. The second-order valence-electron chi connectivity index (χ2n) is 4.14. The van der Waals surface area contributed by atoms with Gasteiger partial charge in [0, 0.05) is 30.2 Å². The van der Waals surface area contributed by atoms with Crippen LogP contribution in [-0.4, -0.2) is 29.3 Å². The Morgan fingerprint density at radius 1 is 1.35 bits per heavy atom. The molecule has 1 aromatic carbocycles. The third-order valence-electron chi connectivity index (χ3n) is 2.50. The van der Waals surface area contributed by atoms with Crippen molar-refractivity contribution < 1.29 is 18.6 Å². The Morgan fingerprint density at radius 3 is 2.90 bits per heavy atom. The lowest BCUT2D eigenvalue weighted by Crippen LogP contribution is -2.31. The first-order chi connectivity index (χ1) is 9.65. The summed E-state index contributed by atoms with van der Waals surface area (Å²) in [6, 6.07) is 3.25. The summed E-state index contributed by atoms with van der Waals surface area (Å²) >= 11 is 1.52. The molecule has 108 valence electrons. The lowest BCUT2D eigenvalue weighted by atomic mass is 10.3. The van der Waals surface area contributed by atoms with E-state index >= 15 is 0 Å². The molecule has 0 radical (unpaired) electrons. The van der Waals surface area contributed by atoms with E-state index < -0.39 is 17.7 Å². The first-order valence-electron chi connectivity index (χ1n) is 5.99. The molecule has 1 unspecified atom stereocenters. The minimum absolute atomic E-state index is 0.000757. The molecule has 2 rings (SSSR count). The highest BCUT2D eigenvalue weighted by atomic mass is 32.1. The number of aliphatic hydroxyl groups excluding tert-OH is 1. The fourth-order valence-electron chi connectivity index (χ4n) is 1.51. The average Bonchev–Trinajstić information content (AvgIpc) is 2.93. The molecule has 0 amide bonds. The summed E-state index contributed by atoms with van der Waals surface area (Å²) < 4.78 is 30.8. The van der Waals surface area contributed by atoms with Gasteiger partial charge in [0.05, 0.1) is 5.51 Å². The van der Waals surface area contributed by atoms with E-state index in [1.54, 1.807) is 11.7 Å². The van der Waals surface area contributed by atoms with Crippen LogP contribution in [0, 0.1) is 11.6 Å². The molecule has 2 aromatic rings. The van der Waals surface area contributed by atoms with Gasteiger partial charge < -0.3 is 15.2 Å². The number of aromatic nitrogens is 1. The first kappa shape index (κ1) is 14.8.